The van der Waals surface area contributed by atoms with Gasteiger partial charge in [0.2, 0.25) is 11.8 Å². The van der Waals surface area contributed by atoms with Crippen LogP contribution < -0.4 is 16.0 Å². The zero-order chi connectivity index (χ0) is 25.5. The van der Waals surface area contributed by atoms with Crippen molar-refractivity contribution in [3.05, 3.63) is 59.3 Å². The lowest BCUT2D eigenvalue weighted by atomic mass is 9.99. The number of rotatable bonds is 8. The van der Waals surface area contributed by atoms with Crippen molar-refractivity contribution in [2.75, 3.05) is 38.0 Å². The summed E-state index contributed by atoms with van der Waals surface area (Å²) in [6.07, 6.45) is 4.29. The van der Waals surface area contributed by atoms with Crippen LogP contribution in [0, 0.1) is 0 Å². The number of carbonyl (C=O) groups excluding carboxylic acids is 3. The average Bonchev–Trinajstić information content (AvgIpc) is 2.87. The number of amides is 3. The third-order valence-corrected chi connectivity index (χ3v) is 6.92. The lowest BCUT2D eigenvalue weighted by Crippen LogP contribution is -2.50. The second kappa shape index (κ2) is 12.0. The molecule has 36 heavy (non-hydrogen) atoms. The fourth-order valence-electron chi connectivity index (χ4n) is 4.99. The van der Waals surface area contributed by atoms with E-state index in [1.165, 1.54) is 18.1 Å². The van der Waals surface area contributed by atoms with Crippen LogP contribution in [0.25, 0.3) is 0 Å². The number of nitrogens with zero attached hydrogens (tertiary/aromatic N) is 3. The molecule has 1 atom stereocenters. The lowest BCUT2D eigenvalue weighted by molar-refractivity contribution is -0.129. The minimum atomic E-state index is -0.203. The first kappa shape index (κ1) is 25.6. The third-order valence-electron chi connectivity index (χ3n) is 6.92. The summed E-state index contributed by atoms with van der Waals surface area (Å²) in [5.74, 6) is 0.436. The van der Waals surface area contributed by atoms with E-state index in [1.807, 2.05) is 4.90 Å². The zero-order valence-corrected chi connectivity index (χ0v) is 21.1. The quantitative estimate of drug-likeness (QED) is 0.519. The van der Waals surface area contributed by atoms with E-state index in [9.17, 15) is 14.4 Å². The van der Waals surface area contributed by atoms with Gasteiger partial charge in [-0.25, -0.2) is 4.98 Å². The Morgan fingerprint density at radius 3 is 2.53 bits per heavy atom. The summed E-state index contributed by atoms with van der Waals surface area (Å²) in [6.45, 7) is 7.31. The Balaban J connectivity index is 1.30. The van der Waals surface area contributed by atoms with Crippen LogP contribution in [0.3, 0.4) is 0 Å². The molecule has 2 aliphatic heterocycles. The Morgan fingerprint density at radius 2 is 1.81 bits per heavy atom. The number of anilines is 1. The van der Waals surface area contributed by atoms with Crippen LogP contribution >= 0.6 is 0 Å². The van der Waals surface area contributed by atoms with E-state index in [0.29, 0.717) is 24.5 Å². The van der Waals surface area contributed by atoms with Gasteiger partial charge >= 0.3 is 0 Å². The van der Waals surface area contributed by atoms with Crippen LogP contribution in [0.4, 0.5) is 5.82 Å². The van der Waals surface area contributed by atoms with Crippen molar-refractivity contribution in [2.45, 2.75) is 51.7 Å². The number of pyridine rings is 1. The minimum Gasteiger partial charge on any atom is -0.367 e. The highest BCUT2D eigenvalue weighted by Gasteiger charge is 2.22. The molecule has 0 radical (unpaired) electrons. The molecule has 4 rings (SSSR count). The van der Waals surface area contributed by atoms with Gasteiger partial charge in [-0.2, -0.15) is 0 Å². The normalized spacial score (nSPS) is 17.1. The number of benzene rings is 1. The van der Waals surface area contributed by atoms with Gasteiger partial charge in [-0.15, -0.1) is 0 Å². The second-order valence-electron chi connectivity index (χ2n) is 9.72. The van der Waals surface area contributed by atoms with Gasteiger partial charge in [-0.1, -0.05) is 24.3 Å². The number of hydrogen-bond donors (Lipinski definition) is 3. The molecule has 0 aliphatic carbocycles. The van der Waals surface area contributed by atoms with Gasteiger partial charge in [-0.05, 0) is 42.5 Å². The van der Waals surface area contributed by atoms with E-state index in [-0.39, 0.29) is 29.8 Å². The first-order chi connectivity index (χ1) is 17.4. The number of piperidine rings is 1. The molecule has 1 fully saturated rings. The molecule has 1 saturated heterocycles. The van der Waals surface area contributed by atoms with Crippen LogP contribution in [0.5, 0.6) is 0 Å². The fraction of sp³-hybridized carbons (Fsp3) is 0.481. The average molecular weight is 493 g/mol. The first-order valence-electron chi connectivity index (χ1n) is 12.7. The molecular weight excluding hydrogens is 456 g/mol. The van der Waals surface area contributed by atoms with Crippen molar-refractivity contribution in [2.24, 2.45) is 0 Å². The van der Waals surface area contributed by atoms with Crippen molar-refractivity contribution < 1.29 is 14.4 Å². The van der Waals surface area contributed by atoms with E-state index in [4.69, 9.17) is 0 Å². The number of fused-ring (bicyclic) bond motifs is 1. The highest BCUT2D eigenvalue weighted by molar-refractivity contribution is 5.94. The summed E-state index contributed by atoms with van der Waals surface area (Å²) in [7, 11) is 0. The van der Waals surface area contributed by atoms with Gasteiger partial charge < -0.3 is 20.9 Å². The molecule has 0 saturated carbocycles. The van der Waals surface area contributed by atoms with Crippen molar-refractivity contribution >= 4 is 23.5 Å². The van der Waals surface area contributed by atoms with Crippen LogP contribution in [0.2, 0.25) is 0 Å². The van der Waals surface area contributed by atoms with E-state index in [0.717, 1.165) is 45.4 Å². The highest BCUT2D eigenvalue weighted by Crippen LogP contribution is 2.19. The van der Waals surface area contributed by atoms with E-state index >= 15 is 0 Å². The van der Waals surface area contributed by atoms with Crippen molar-refractivity contribution in [3.8, 4) is 0 Å². The molecule has 1 aromatic heterocycles. The lowest BCUT2D eigenvalue weighted by Gasteiger charge is -2.32. The molecule has 9 nitrogen and oxygen atoms in total. The van der Waals surface area contributed by atoms with E-state index < -0.39 is 0 Å². The molecular formula is C27H36N6O3. The van der Waals surface area contributed by atoms with Crippen molar-refractivity contribution in [1.82, 2.24) is 25.4 Å². The van der Waals surface area contributed by atoms with Gasteiger partial charge in [0.1, 0.15) is 5.82 Å². The third kappa shape index (κ3) is 7.04. The monoisotopic (exact) mass is 492 g/mol. The Bertz CT molecular complexity index is 1080. The summed E-state index contributed by atoms with van der Waals surface area (Å²) in [4.78, 5) is 44.8. The smallest absolute Gasteiger partial charge is 0.251 e. The molecule has 192 valence electrons. The van der Waals surface area contributed by atoms with Gasteiger partial charge in [-0.3, -0.25) is 19.3 Å². The molecule has 1 unspecified atom stereocenters. The minimum absolute atomic E-state index is 0.105. The van der Waals surface area contributed by atoms with Gasteiger partial charge in [0.25, 0.3) is 5.91 Å². The van der Waals surface area contributed by atoms with Crippen molar-refractivity contribution in [1.29, 1.82) is 0 Å². The Labute approximate surface area is 212 Å². The number of aromatic nitrogens is 1. The molecule has 3 amide bonds. The number of carbonyl (C=O) groups is 3. The maximum Gasteiger partial charge on any atom is 0.251 e. The molecule has 3 heterocycles. The molecule has 9 heteroatoms. The molecule has 2 aliphatic rings. The molecule has 0 spiro atoms. The SMILES string of the molecule is CC(=O)NC(CNC(=O)c1ccnc(NC2CCN(C(C)=O)CC2)c1)CN1CCc2ccccc2C1. The van der Waals surface area contributed by atoms with Gasteiger partial charge in [0, 0.05) is 70.9 Å². The number of nitrogens with one attached hydrogen (secondary N) is 3. The Morgan fingerprint density at radius 1 is 1.06 bits per heavy atom. The summed E-state index contributed by atoms with van der Waals surface area (Å²) in [5, 5.41) is 9.37. The van der Waals surface area contributed by atoms with Gasteiger partial charge in [0.15, 0.2) is 0 Å². The second-order valence-corrected chi connectivity index (χ2v) is 9.72. The topological polar surface area (TPSA) is 107 Å². The molecule has 3 N–H and O–H groups in total. The van der Waals surface area contributed by atoms with Crippen LogP contribution in [-0.4, -0.2) is 77.3 Å². The molecule has 1 aromatic carbocycles. The first-order valence-corrected chi connectivity index (χ1v) is 12.7. The van der Waals surface area contributed by atoms with E-state index in [2.05, 4.69) is 50.1 Å². The van der Waals surface area contributed by atoms with Crippen molar-refractivity contribution in [3.63, 3.8) is 0 Å². The standard InChI is InChI=1S/C27H36N6O3/c1-19(34)30-25(18-32-12-8-21-5-3-4-6-23(21)17-32)16-29-27(36)22-7-11-28-26(15-22)31-24-9-13-33(14-10-24)20(2)35/h3-7,11,15,24-25H,8-10,12-14,16-18H2,1-2H3,(H,28,31)(H,29,36)(H,30,34). The van der Waals surface area contributed by atoms with Gasteiger partial charge in [0.05, 0.1) is 6.04 Å². The predicted molar refractivity (Wildman–Crippen MR) is 138 cm³/mol. The number of likely N-dealkylation sites (tertiary alicyclic amines) is 1. The molecule has 2 aromatic rings. The van der Waals surface area contributed by atoms with Crippen LogP contribution in [0.15, 0.2) is 42.6 Å². The maximum atomic E-state index is 12.9. The summed E-state index contributed by atoms with van der Waals surface area (Å²) >= 11 is 0. The summed E-state index contributed by atoms with van der Waals surface area (Å²) < 4.78 is 0. The van der Waals surface area contributed by atoms with Crippen LogP contribution in [0.1, 0.15) is 48.2 Å². The summed E-state index contributed by atoms with van der Waals surface area (Å²) in [5.41, 5.74) is 3.21. The van der Waals surface area contributed by atoms with E-state index in [1.54, 1.807) is 25.3 Å². The zero-order valence-electron chi connectivity index (χ0n) is 21.1. The van der Waals surface area contributed by atoms with Crippen LogP contribution in [-0.2, 0) is 22.6 Å². The predicted octanol–water partition coefficient (Wildman–Crippen LogP) is 1.80. The Kier molecular flexibility index (Phi) is 8.53. The largest absolute Gasteiger partial charge is 0.367 e. The maximum absolute atomic E-state index is 12.9. The molecule has 0 bridgehead atoms. The summed E-state index contributed by atoms with van der Waals surface area (Å²) in [6, 6.07) is 11.9. The Hall–Kier alpha value is -3.46. The number of hydrogen-bond acceptors (Lipinski definition) is 6. The highest BCUT2D eigenvalue weighted by atomic mass is 16.2. The fourth-order valence-corrected chi connectivity index (χ4v) is 4.99.